The number of aryl methyl sites for hydroxylation is 1. The molecule has 6 rings (SSSR count). The van der Waals surface area contributed by atoms with Gasteiger partial charge in [-0.05, 0) is 56.2 Å². The lowest BCUT2D eigenvalue weighted by Gasteiger charge is -2.36. The average Bonchev–Trinajstić information content (AvgIpc) is 3.65. The number of anilines is 1. The first-order valence-electron chi connectivity index (χ1n) is 14.5. The first kappa shape index (κ1) is 29.9. The van der Waals surface area contributed by atoms with Crippen molar-refractivity contribution in [3.63, 3.8) is 0 Å². The summed E-state index contributed by atoms with van der Waals surface area (Å²) in [7, 11) is 1.39. The second kappa shape index (κ2) is 11.8. The molecule has 2 saturated heterocycles. The Labute approximate surface area is 259 Å². The van der Waals surface area contributed by atoms with Crippen LogP contribution >= 0.6 is 11.6 Å². The van der Waals surface area contributed by atoms with Crippen LogP contribution < -0.4 is 20.7 Å². The third-order valence-corrected chi connectivity index (χ3v) is 8.89. The van der Waals surface area contributed by atoms with Gasteiger partial charge in [0, 0.05) is 61.9 Å². The monoisotopic (exact) mass is 623 g/mol. The molecule has 44 heavy (non-hydrogen) atoms. The van der Waals surface area contributed by atoms with E-state index in [2.05, 4.69) is 20.9 Å². The molecule has 0 spiro atoms. The normalized spacial score (nSPS) is 22.9. The lowest BCUT2D eigenvalue weighted by molar-refractivity contribution is -0.134. The van der Waals surface area contributed by atoms with Crippen molar-refractivity contribution in [1.29, 1.82) is 0 Å². The highest BCUT2D eigenvalue weighted by Gasteiger charge is 2.36. The second-order valence-corrected chi connectivity index (χ2v) is 11.9. The zero-order valence-electron chi connectivity index (χ0n) is 24.7. The number of carbonyl (C=O) groups is 2. The molecule has 0 aliphatic carbocycles. The number of ether oxygens (including phenoxy) is 1. The predicted octanol–water partition coefficient (Wildman–Crippen LogP) is 2.98. The van der Waals surface area contributed by atoms with Gasteiger partial charge in [0.2, 0.25) is 5.91 Å². The molecule has 11 nitrogen and oxygen atoms in total. The van der Waals surface area contributed by atoms with Gasteiger partial charge in [-0.2, -0.15) is 0 Å². The number of imidazole rings is 1. The molecule has 2 aromatic carbocycles. The average molecular weight is 624 g/mol. The molecule has 0 saturated carbocycles. The van der Waals surface area contributed by atoms with Crippen LogP contribution in [0.5, 0.6) is 5.75 Å². The van der Waals surface area contributed by atoms with Gasteiger partial charge in [0.25, 0.3) is 5.91 Å². The van der Waals surface area contributed by atoms with E-state index < -0.39 is 17.6 Å². The zero-order chi connectivity index (χ0) is 31.2. The Bertz CT molecular complexity index is 1640. The number of benzene rings is 2. The standard InChI is InChI=1S/C31H35ClFN7O4/c1-18-14-19(4-5-21(18)28(42)38-10-12-39(13-11-38)29(43)23-15-20(41)16-34-23)37-31(2)30-35-17-24(40(30)9-8-36-31)22-6-7-25(44-3)27(33)26(22)32/h4-9,14,17,20,23,34,36-37,41H,10-13,15-16H2,1-3H3/t20-,23+,31?/m1/s1. The van der Waals surface area contributed by atoms with E-state index in [-0.39, 0.29) is 28.6 Å². The number of fused-ring (bicyclic) bond motifs is 1. The molecule has 3 aliphatic heterocycles. The fourth-order valence-electron chi connectivity index (χ4n) is 6.10. The highest BCUT2D eigenvalue weighted by molar-refractivity contribution is 6.33. The van der Waals surface area contributed by atoms with Gasteiger partial charge in [-0.3, -0.25) is 14.2 Å². The number of halogens is 2. The Balaban J connectivity index is 1.15. The number of β-amino-alcohol motifs (C(OH)–C–C–N with tert-alkyl or cyclic N) is 1. The van der Waals surface area contributed by atoms with Crippen LogP contribution in [0, 0.1) is 12.7 Å². The summed E-state index contributed by atoms with van der Waals surface area (Å²) in [6.45, 7) is 6.06. The van der Waals surface area contributed by atoms with E-state index in [1.54, 1.807) is 40.5 Å². The van der Waals surface area contributed by atoms with Crippen molar-refractivity contribution in [2.45, 2.75) is 38.1 Å². The van der Waals surface area contributed by atoms with Crippen LogP contribution in [0.1, 0.15) is 35.1 Å². The molecule has 0 radical (unpaired) electrons. The maximum absolute atomic E-state index is 14.7. The molecule has 0 bridgehead atoms. The first-order valence-corrected chi connectivity index (χ1v) is 14.9. The smallest absolute Gasteiger partial charge is 0.254 e. The van der Waals surface area contributed by atoms with E-state index in [4.69, 9.17) is 16.3 Å². The van der Waals surface area contributed by atoms with Gasteiger partial charge in [-0.25, -0.2) is 9.37 Å². The van der Waals surface area contributed by atoms with Gasteiger partial charge in [0.1, 0.15) is 0 Å². The Kier molecular flexibility index (Phi) is 7.99. The molecule has 232 valence electrons. The largest absolute Gasteiger partial charge is 0.494 e. The molecule has 13 heteroatoms. The van der Waals surface area contributed by atoms with Crippen LogP contribution in [0.2, 0.25) is 5.02 Å². The quantitative estimate of drug-likeness (QED) is 0.331. The minimum Gasteiger partial charge on any atom is -0.494 e. The highest BCUT2D eigenvalue weighted by Crippen LogP contribution is 2.37. The minimum atomic E-state index is -0.838. The van der Waals surface area contributed by atoms with E-state index in [1.807, 2.05) is 30.5 Å². The fourth-order valence-corrected chi connectivity index (χ4v) is 6.35. The van der Waals surface area contributed by atoms with E-state index in [0.29, 0.717) is 61.8 Å². The summed E-state index contributed by atoms with van der Waals surface area (Å²) in [6, 6.07) is 8.44. The van der Waals surface area contributed by atoms with E-state index in [0.717, 1.165) is 11.3 Å². The molecule has 3 aliphatic rings. The molecule has 1 aromatic heterocycles. The lowest BCUT2D eigenvalue weighted by Crippen LogP contribution is -2.54. The van der Waals surface area contributed by atoms with Gasteiger partial charge in [-0.1, -0.05) is 11.6 Å². The number of piperazine rings is 1. The van der Waals surface area contributed by atoms with Crippen LogP contribution in [0.25, 0.3) is 17.5 Å². The number of amides is 2. The number of nitrogens with one attached hydrogen (secondary N) is 3. The van der Waals surface area contributed by atoms with Crippen molar-refractivity contribution >= 4 is 35.3 Å². The Morgan fingerprint density at radius 3 is 2.61 bits per heavy atom. The summed E-state index contributed by atoms with van der Waals surface area (Å²) >= 11 is 6.37. The highest BCUT2D eigenvalue weighted by atomic mass is 35.5. The summed E-state index contributed by atoms with van der Waals surface area (Å²) in [5, 5.41) is 19.6. The van der Waals surface area contributed by atoms with Crippen LogP contribution in [0.4, 0.5) is 10.1 Å². The number of aliphatic hydroxyl groups is 1. The van der Waals surface area contributed by atoms with E-state index in [1.165, 1.54) is 13.2 Å². The van der Waals surface area contributed by atoms with Crippen LogP contribution in [-0.2, 0) is 10.5 Å². The maximum atomic E-state index is 14.7. The molecule has 4 N–H and O–H groups in total. The summed E-state index contributed by atoms with van der Waals surface area (Å²) in [4.78, 5) is 34.4. The molecule has 1 unspecified atom stereocenters. The number of nitrogens with zero attached hydrogens (tertiary/aromatic N) is 4. The Morgan fingerprint density at radius 2 is 1.93 bits per heavy atom. The molecule has 3 atom stereocenters. The van der Waals surface area contributed by atoms with Crippen LogP contribution in [0.15, 0.2) is 42.7 Å². The topological polar surface area (TPSA) is 124 Å². The number of aliphatic hydroxyl groups excluding tert-OH is 1. The van der Waals surface area contributed by atoms with Crippen LogP contribution in [0.3, 0.4) is 0 Å². The zero-order valence-corrected chi connectivity index (χ0v) is 25.5. The maximum Gasteiger partial charge on any atom is 0.254 e. The predicted molar refractivity (Wildman–Crippen MR) is 165 cm³/mol. The fraction of sp³-hybridized carbons (Fsp3) is 0.387. The number of rotatable bonds is 6. The summed E-state index contributed by atoms with van der Waals surface area (Å²) in [5.74, 6) is -0.0384. The summed E-state index contributed by atoms with van der Waals surface area (Å²) in [5.41, 5.74) is 2.44. The molecule has 2 amide bonds. The molecular weight excluding hydrogens is 589 g/mol. The third kappa shape index (κ3) is 5.37. The minimum absolute atomic E-state index is 0.0214. The first-order chi connectivity index (χ1) is 21.1. The summed E-state index contributed by atoms with van der Waals surface area (Å²) < 4.78 is 21.6. The molecule has 4 heterocycles. The van der Waals surface area contributed by atoms with Crippen molar-refractivity contribution in [3.8, 4) is 17.0 Å². The SMILES string of the molecule is COc1ccc(-c2cnc3n2C=CNC3(C)Nc2ccc(C(=O)N3CCN(C(=O)[C@@H]4C[C@@H](O)CN4)CC3)c(C)c2)c(Cl)c1F. The number of aromatic nitrogens is 2. The lowest BCUT2D eigenvalue weighted by atomic mass is 10.0. The summed E-state index contributed by atoms with van der Waals surface area (Å²) in [6.07, 6.45) is 5.15. The van der Waals surface area contributed by atoms with Crippen LogP contribution in [-0.4, -0.2) is 88.3 Å². The van der Waals surface area contributed by atoms with Crippen molar-refractivity contribution in [3.05, 3.63) is 70.5 Å². The number of hydrogen-bond donors (Lipinski definition) is 4. The second-order valence-electron chi connectivity index (χ2n) is 11.5. The van der Waals surface area contributed by atoms with Gasteiger partial charge in [0.15, 0.2) is 23.1 Å². The molecular formula is C31H35ClFN7O4. The van der Waals surface area contributed by atoms with E-state index >= 15 is 0 Å². The molecule has 2 fully saturated rings. The van der Waals surface area contributed by atoms with Crippen molar-refractivity contribution in [2.24, 2.45) is 0 Å². The van der Waals surface area contributed by atoms with Crippen molar-refractivity contribution < 1.29 is 23.8 Å². The Hall–Kier alpha value is -4.13. The Morgan fingerprint density at radius 1 is 1.18 bits per heavy atom. The molecule has 3 aromatic rings. The van der Waals surface area contributed by atoms with E-state index in [9.17, 15) is 19.1 Å². The third-order valence-electron chi connectivity index (χ3n) is 8.52. The van der Waals surface area contributed by atoms with Gasteiger partial charge in [-0.15, -0.1) is 0 Å². The van der Waals surface area contributed by atoms with Crippen molar-refractivity contribution in [1.82, 2.24) is 30.0 Å². The van der Waals surface area contributed by atoms with Crippen molar-refractivity contribution in [2.75, 3.05) is 45.2 Å². The van der Waals surface area contributed by atoms with Gasteiger partial charge < -0.3 is 35.6 Å². The number of methoxy groups -OCH3 is 1. The number of carbonyl (C=O) groups excluding carboxylic acids is 2. The van der Waals surface area contributed by atoms with Gasteiger partial charge >= 0.3 is 0 Å². The number of hydrogen-bond acceptors (Lipinski definition) is 8. The van der Waals surface area contributed by atoms with Gasteiger partial charge in [0.05, 0.1) is 36.2 Å².